The zero-order chi connectivity index (χ0) is 13.5. The molecule has 96 valence electrons. The highest BCUT2D eigenvalue weighted by Gasteiger charge is 2.11. The molecule has 0 unspecified atom stereocenters. The summed E-state index contributed by atoms with van der Waals surface area (Å²) in [6, 6.07) is 7.23. The molecule has 0 atom stereocenters. The number of benzene rings is 1. The number of rotatable bonds is 6. The lowest BCUT2D eigenvalue weighted by atomic mass is 10.1. The van der Waals surface area contributed by atoms with Gasteiger partial charge in [0.1, 0.15) is 0 Å². The van der Waals surface area contributed by atoms with E-state index >= 15 is 0 Å². The number of Topliss-reactive ketones (excluding diaryl/α,β-unsaturated/α-hetero) is 1. The van der Waals surface area contributed by atoms with E-state index in [1.54, 1.807) is 25.3 Å². The summed E-state index contributed by atoms with van der Waals surface area (Å²) in [6.45, 7) is 2.99. The standard InChI is InChI=1S/C14H18N2O2/c1-11(17)13-6-5-12(10-15)9-14(13)16(2)7-4-8-18-3/h5-6,9H,4,7-8H2,1-3H3. The molecule has 0 spiro atoms. The quantitative estimate of drug-likeness (QED) is 0.570. The molecular weight excluding hydrogens is 228 g/mol. The maximum absolute atomic E-state index is 11.6. The molecule has 0 aliphatic rings. The number of ether oxygens (including phenoxy) is 1. The topological polar surface area (TPSA) is 53.3 Å². The molecule has 0 saturated heterocycles. The van der Waals surface area contributed by atoms with E-state index in [4.69, 9.17) is 10.00 Å². The lowest BCUT2D eigenvalue weighted by molar-refractivity contribution is 0.101. The van der Waals surface area contributed by atoms with E-state index in [1.807, 2.05) is 11.9 Å². The Balaban J connectivity index is 2.96. The Bertz CT molecular complexity index is 463. The van der Waals surface area contributed by atoms with Crippen molar-refractivity contribution in [2.24, 2.45) is 0 Å². The molecule has 0 fully saturated rings. The van der Waals surface area contributed by atoms with E-state index in [9.17, 15) is 4.79 Å². The van der Waals surface area contributed by atoms with Gasteiger partial charge in [-0.2, -0.15) is 5.26 Å². The van der Waals surface area contributed by atoms with E-state index in [1.165, 1.54) is 6.92 Å². The van der Waals surface area contributed by atoms with Gasteiger partial charge in [0.2, 0.25) is 0 Å². The van der Waals surface area contributed by atoms with Crippen LogP contribution in [-0.2, 0) is 4.74 Å². The van der Waals surface area contributed by atoms with Gasteiger partial charge in [-0.25, -0.2) is 0 Å². The average Bonchev–Trinajstić information content (AvgIpc) is 2.38. The van der Waals surface area contributed by atoms with Crippen LogP contribution in [0.25, 0.3) is 0 Å². The fraction of sp³-hybridized carbons (Fsp3) is 0.429. The minimum absolute atomic E-state index is 0.00748. The van der Waals surface area contributed by atoms with E-state index in [0.29, 0.717) is 17.7 Å². The summed E-state index contributed by atoms with van der Waals surface area (Å²) in [7, 11) is 3.58. The first-order valence-electron chi connectivity index (χ1n) is 5.85. The maximum atomic E-state index is 11.6. The molecule has 0 saturated carbocycles. The van der Waals surface area contributed by atoms with Gasteiger partial charge in [0.15, 0.2) is 5.78 Å². The van der Waals surface area contributed by atoms with Crippen molar-refractivity contribution in [2.45, 2.75) is 13.3 Å². The number of carbonyl (C=O) groups excluding carboxylic acids is 1. The molecule has 0 radical (unpaired) electrons. The Morgan fingerprint density at radius 1 is 1.50 bits per heavy atom. The molecule has 4 nitrogen and oxygen atoms in total. The molecule has 0 aromatic heterocycles. The van der Waals surface area contributed by atoms with Crippen LogP contribution in [0.3, 0.4) is 0 Å². The maximum Gasteiger partial charge on any atom is 0.161 e. The number of hydrogen-bond donors (Lipinski definition) is 0. The predicted molar refractivity (Wildman–Crippen MR) is 70.9 cm³/mol. The van der Waals surface area contributed by atoms with Gasteiger partial charge in [-0.05, 0) is 31.5 Å². The van der Waals surface area contributed by atoms with Crippen molar-refractivity contribution in [3.8, 4) is 6.07 Å². The van der Waals surface area contributed by atoms with Crippen LogP contribution in [0.5, 0.6) is 0 Å². The Hall–Kier alpha value is -1.86. The molecule has 0 aliphatic heterocycles. The van der Waals surface area contributed by atoms with E-state index in [-0.39, 0.29) is 5.78 Å². The van der Waals surface area contributed by atoms with Crippen molar-refractivity contribution in [1.29, 1.82) is 5.26 Å². The number of nitrogens with zero attached hydrogens (tertiary/aromatic N) is 2. The van der Waals surface area contributed by atoms with Crippen LogP contribution in [0.1, 0.15) is 29.3 Å². The molecule has 1 aromatic rings. The smallest absolute Gasteiger partial charge is 0.161 e. The van der Waals surface area contributed by atoms with Gasteiger partial charge in [0.25, 0.3) is 0 Å². The van der Waals surface area contributed by atoms with Gasteiger partial charge in [-0.3, -0.25) is 4.79 Å². The van der Waals surface area contributed by atoms with Crippen molar-refractivity contribution >= 4 is 11.5 Å². The third-order valence-electron chi connectivity index (χ3n) is 2.76. The van der Waals surface area contributed by atoms with Crippen LogP contribution in [0, 0.1) is 11.3 Å². The van der Waals surface area contributed by atoms with Crippen molar-refractivity contribution in [3.05, 3.63) is 29.3 Å². The summed E-state index contributed by atoms with van der Waals surface area (Å²) in [4.78, 5) is 13.5. The number of anilines is 1. The Morgan fingerprint density at radius 3 is 2.78 bits per heavy atom. The second-order valence-electron chi connectivity index (χ2n) is 4.17. The first-order valence-corrected chi connectivity index (χ1v) is 5.85. The van der Waals surface area contributed by atoms with Crippen LogP contribution in [0.15, 0.2) is 18.2 Å². The lowest BCUT2D eigenvalue weighted by Crippen LogP contribution is -2.22. The minimum Gasteiger partial charge on any atom is -0.385 e. The van der Waals surface area contributed by atoms with E-state index in [0.717, 1.165) is 18.7 Å². The van der Waals surface area contributed by atoms with Gasteiger partial charge < -0.3 is 9.64 Å². The van der Waals surface area contributed by atoms with Crippen LogP contribution in [0.2, 0.25) is 0 Å². The van der Waals surface area contributed by atoms with Crippen molar-refractivity contribution in [3.63, 3.8) is 0 Å². The zero-order valence-electron chi connectivity index (χ0n) is 11.1. The number of ketones is 1. The molecular formula is C14H18N2O2. The van der Waals surface area contributed by atoms with Gasteiger partial charge in [-0.1, -0.05) is 0 Å². The van der Waals surface area contributed by atoms with Crippen LogP contribution < -0.4 is 4.90 Å². The molecule has 0 heterocycles. The summed E-state index contributed by atoms with van der Waals surface area (Å²) in [5.74, 6) is 0.00748. The SMILES string of the molecule is COCCCN(C)c1cc(C#N)ccc1C(C)=O. The van der Waals surface area contributed by atoms with Crippen molar-refractivity contribution in [2.75, 3.05) is 32.2 Å². The Labute approximate surface area is 108 Å². The lowest BCUT2D eigenvalue weighted by Gasteiger charge is -2.21. The largest absolute Gasteiger partial charge is 0.385 e. The predicted octanol–water partition coefficient (Wildman–Crippen LogP) is 2.23. The van der Waals surface area contributed by atoms with E-state index < -0.39 is 0 Å². The summed E-state index contributed by atoms with van der Waals surface area (Å²) in [5, 5.41) is 8.91. The van der Waals surface area contributed by atoms with Gasteiger partial charge in [0, 0.05) is 38.6 Å². The molecule has 0 N–H and O–H groups in total. The number of methoxy groups -OCH3 is 1. The molecule has 18 heavy (non-hydrogen) atoms. The molecule has 4 heteroatoms. The zero-order valence-corrected chi connectivity index (χ0v) is 11.1. The fourth-order valence-corrected chi connectivity index (χ4v) is 1.78. The minimum atomic E-state index is 0.00748. The van der Waals surface area contributed by atoms with Gasteiger partial charge in [0.05, 0.1) is 11.6 Å². The summed E-state index contributed by atoms with van der Waals surface area (Å²) < 4.78 is 5.00. The molecule has 1 rings (SSSR count). The van der Waals surface area contributed by atoms with Crippen LogP contribution in [-0.4, -0.2) is 33.1 Å². The highest BCUT2D eigenvalue weighted by Crippen LogP contribution is 2.22. The summed E-state index contributed by atoms with van der Waals surface area (Å²) in [6.07, 6.45) is 0.876. The third-order valence-corrected chi connectivity index (χ3v) is 2.76. The second kappa shape index (κ2) is 6.77. The Morgan fingerprint density at radius 2 is 2.22 bits per heavy atom. The number of hydrogen-bond acceptors (Lipinski definition) is 4. The van der Waals surface area contributed by atoms with Gasteiger partial charge in [-0.15, -0.1) is 0 Å². The highest BCUT2D eigenvalue weighted by molar-refractivity contribution is 5.99. The number of nitriles is 1. The van der Waals surface area contributed by atoms with Crippen LogP contribution >= 0.6 is 0 Å². The second-order valence-corrected chi connectivity index (χ2v) is 4.17. The van der Waals surface area contributed by atoms with Crippen LogP contribution in [0.4, 0.5) is 5.69 Å². The molecule has 1 aromatic carbocycles. The monoisotopic (exact) mass is 246 g/mol. The average molecular weight is 246 g/mol. The van der Waals surface area contributed by atoms with Crippen molar-refractivity contribution in [1.82, 2.24) is 0 Å². The number of carbonyl (C=O) groups is 1. The normalized spacial score (nSPS) is 9.89. The molecule has 0 amide bonds. The molecule has 0 bridgehead atoms. The first kappa shape index (κ1) is 14.2. The third kappa shape index (κ3) is 3.57. The Kier molecular flexibility index (Phi) is 5.34. The first-order chi connectivity index (χ1) is 8.60. The highest BCUT2D eigenvalue weighted by atomic mass is 16.5. The summed E-state index contributed by atoms with van der Waals surface area (Å²) >= 11 is 0. The van der Waals surface area contributed by atoms with E-state index in [2.05, 4.69) is 6.07 Å². The van der Waals surface area contributed by atoms with Gasteiger partial charge >= 0.3 is 0 Å². The van der Waals surface area contributed by atoms with Crippen molar-refractivity contribution < 1.29 is 9.53 Å². The molecule has 0 aliphatic carbocycles. The fourth-order valence-electron chi connectivity index (χ4n) is 1.78. The summed E-state index contributed by atoms with van der Waals surface area (Å²) in [5.41, 5.74) is 2.01.